The first-order chi connectivity index (χ1) is 8.40. The van der Waals surface area contributed by atoms with Crippen LogP contribution in [0.4, 0.5) is 0 Å². The first-order valence-electron chi connectivity index (χ1n) is 5.48. The smallest absolute Gasteiger partial charge is 0.323 e. The van der Waals surface area contributed by atoms with Crippen molar-refractivity contribution in [2.75, 3.05) is 6.54 Å². The molecule has 0 fully saturated rings. The monoisotopic (exact) mass is 249 g/mol. The molecule has 18 heavy (non-hydrogen) atoms. The van der Waals surface area contributed by atoms with Crippen molar-refractivity contribution in [3.63, 3.8) is 0 Å². The van der Waals surface area contributed by atoms with Gasteiger partial charge in [0, 0.05) is 6.92 Å². The van der Waals surface area contributed by atoms with Gasteiger partial charge in [-0.25, -0.2) is 0 Å². The molecule has 0 atom stereocenters. The Morgan fingerprint density at radius 2 is 1.72 bits per heavy atom. The highest BCUT2D eigenvalue weighted by Crippen LogP contribution is 2.06. The highest BCUT2D eigenvalue weighted by molar-refractivity contribution is 5.97. The zero-order valence-electron chi connectivity index (χ0n) is 10.3. The first kappa shape index (κ1) is 13.9. The van der Waals surface area contributed by atoms with Crippen molar-refractivity contribution in [2.24, 2.45) is 0 Å². The maximum atomic E-state index is 11.8. The molecule has 0 radical (unpaired) electrons. The van der Waals surface area contributed by atoms with E-state index in [2.05, 4.69) is 0 Å². The molecule has 0 heterocycles. The van der Waals surface area contributed by atoms with Crippen LogP contribution >= 0.6 is 0 Å². The second kappa shape index (κ2) is 5.95. The summed E-state index contributed by atoms with van der Waals surface area (Å²) in [6.45, 7) is 2.51. The largest absolute Gasteiger partial charge is 0.480 e. The Balaban J connectivity index is 2.75. The molecule has 0 saturated carbocycles. The van der Waals surface area contributed by atoms with Crippen molar-refractivity contribution in [2.45, 2.75) is 20.3 Å². The molecule has 0 spiro atoms. The number of carbonyl (C=O) groups is 3. The van der Waals surface area contributed by atoms with E-state index in [0.717, 1.165) is 16.0 Å². The highest BCUT2D eigenvalue weighted by Gasteiger charge is 2.20. The number of carboxylic acids is 1. The van der Waals surface area contributed by atoms with Crippen LogP contribution in [-0.4, -0.2) is 34.3 Å². The summed E-state index contributed by atoms with van der Waals surface area (Å²) in [5.74, 6) is -2.27. The van der Waals surface area contributed by atoms with Crippen LogP contribution in [0.3, 0.4) is 0 Å². The summed E-state index contributed by atoms with van der Waals surface area (Å²) in [5, 5.41) is 8.64. The second-order valence-corrected chi connectivity index (χ2v) is 4.06. The third kappa shape index (κ3) is 4.01. The van der Waals surface area contributed by atoms with E-state index in [4.69, 9.17) is 5.11 Å². The van der Waals surface area contributed by atoms with Crippen molar-refractivity contribution >= 4 is 17.8 Å². The van der Waals surface area contributed by atoms with Crippen LogP contribution in [0.15, 0.2) is 24.3 Å². The van der Waals surface area contributed by atoms with Gasteiger partial charge in [0.1, 0.15) is 6.54 Å². The van der Waals surface area contributed by atoms with Gasteiger partial charge in [-0.3, -0.25) is 19.3 Å². The van der Waals surface area contributed by atoms with Crippen LogP contribution in [0.25, 0.3) is 0 Å². The molecule has 0 aliphatic carbocycles. The fourth-order valence-electron chi connectivity index (χ4n) is 1.49. The molecule has 1 aromatic rings. The zero-order valence-corrected chi connectivity index (χ0v) is 10.3. The fourth-order valence-corrected chi connectivity index (χ4v) is 1.49. The van der Waals surface area contributed by atoms with Crippen molar-refractivity contribution in [3.05, 3.63) is 35.4 Å². The molecule has 0 aliphatic rings. The summed E-state index contributed by atoms with van der Waals surface area (Å²) in [4.78, 5) is 34.3. The highest BCUT2D eigenvalue weighted by atomic mass is 16.4. The number of imide groups is 1. The van der Waals surface area contributed by atoms with Crippen LogP contribution in [-0.2, 0) is 20.8 Å². The lowest BCUT2D eigenvalue weighted by atomic mass is 10.1. The minimum absolute atomic E-state index is 0.0210. The van der Waals surface area contributed by atoms with Crippen molar-refractivity contribution in [3.8, 4) is 0 Å². The van der Waals surface area contributed by atoms with E-state index in [1.165, 1.54) is 6.92 Å². The topological polar surface area (TPSA) is 74.7 Å². The first-order valence-corrected chi connectivity index (χ1v) is 5.48. The van der Waals surface area contributed by atoms with Gasteiger partial charge in [0.15, 0.2) is 0 Å². The molecular weight excluding hydrogens is 234 g/mol. The molecule has 1 aromatic carbocycles. The molecule has 0 aliphatic heterocycles. The molecule has 0 aromatic heterocycles. The SMILES string of the molecule is CC(=O)N(CC(=O)O)C(=O)Cc1ccc(C)cc1. The summed E-state index contributed by atoms with van der Waals surface area (Å²) in [6.07, 6.45) is 0.0210. The minimum Gasteiger partial charge on any atom is -0.480 e. The van der Waals surface area contributed by atoms with Crippen molar-refractivity contribution in [1.82, 2.24) is 4.90 Å². The predicted octanol–water partition coefficient (Wildman–Crippen LogP) is 0.997. The number of nitrogens with zero attached hydrogens (tertiary/aromatic N) is 1. The van der Waals surface area contributed by atoms with Crippen LogP contribution < -0.4 is 0 Å². The second-order valence-electron chi connectivity index (χ2n) is 4.06. The summed E-state index contributed by atoms with van der Waals surface area (Å²) < 4.78 is 0. The van der Waals surface area contributed by atoms with E-state index < -0.39 is 24.3 Å². The Morgan fingerprint density at radius 1 is 1.17 bits per heavy atom. The predicted molar refractivity (Wildman–Crippen MR) is 64.9 cm³/mol. The quantitative estimate of drug-likeness (QED) is 0.863. The van der Waals surface area contributed by atoms with Gasteiger partial charge in [0.05, 0.1) is 6.42 Å². The lowest BCUT2D eigenvalue weighted by molar-refractivity contribution is -0.151. The van der Waals surface area contributed by atoms with E-state index in [0.29, 0.717) is 0 Å². The van der Waals surface area contributed by atoms with E-state index in [9.17, 15) is 14.4 Å². The van der Waals surface area contributed by atoms with Gasteiger partial charge in [-0.15, -0.1) is 0 Å². The van der Waals surface area contributed by atoms with Gasteiger partial charge >= 0.3 is 5.97 Å². The molecule has 1 N–H and O–H groups in total. The molecule has 5 heteroatoms. The summed E-state index contributed by atoms with van der Waals surface area (Å²) >= 11 is 0. The van der Waals surface area contributed by atoms with Crippen LogP contribution in [0.2, 0.25) is 0 Å². The van der Waals surface area contributed by atoms with Gasteiger partial charge in [-0.2, -0.15) is 0 Å². The summed E-state index contributed by atoms with van der Waals surface area (Å²) in [7, 11) is 0. The van der Waals surface area contributed by atoms with Gasteiger partial charge in [0.25, 0.3) is 0 Å². The minimum atomic E-state index is -1.21. The number of hydrogen-bond donors (Lipinski definition) is 1. The lowest BCUT2D eigenvalue weighted by Crippen LogP contribution is -2.40. The van der Waals surface area contributed by atoms with Crippen molar-refractivity contribution in [1.29, 1.82) is 0 Å². The number of amides is 2. The van der Waals surface area contributed by atoms with E-state index in [-0.39, 0.29) is 6.42 Å². The Bertz CT molecular complexity index is 464. The molecule has 5 nitrogen and oxygen atoms in total. The number of aliphatic carboxylic acids is 1. The van der Waals surface area contributed by atoms with Crippen LogP contribution in [0.1, 0.15) is 18.1 Å². The summed E-state index contributed by atoms with van der Waals surface area (Å²) in [6, 6.07) is 7.29. The number of carbonyl (C=O) groups excluding carboxylic acids is 2. The van der Waals surface area contributed by atoms with E-state index >= 15 is 0 Å². The Morgan fingerprint density at radius 3 is 2.17 bits per heavy atom. The number of aryl methyl sites for hydroxylation is 1. The van der Waals surface area contributed by atoms with Gasteiger partial charge in [-0.1, -0.05) is 29.8 Å². The number of hydrogen-bond acceptors (Lipinski definition) is 3. The lowest BCUT2D eigenvalue weighted by Gasteiger charge is -2.16. The molecule has 1 rings (SSSR count). The summed E-state index contributed by atoms with van der Waals surface area (Å²) in [5.41, 5.74) is 1.82. The van der Waals surface area contributed by atoms with Gasteiger partial charge in [-0.05, 0) is 12.5 Å². The Hall–Kier alpha value is -2.17. The van der Waals surface area contributed by atoms with Crippen molar-refractivity contribution < 1.29 is 19.5 Å². The molecule has 2 amide bonds. The zero-order chi connectivity index (χ0) is 13.7. The fraction of sp³-hybridized carbons (Fsp3) is 0.308. The molecule has 96 valence electrons. The molecular formula is C13H15NO4. The third-order valence-electron chi connectivity index (χ3n) is 2.45. The van der Waals surface area contributed by atoms with Crippen LogP contribution in [0.5, 0.6) is 0 Å². The van der Waals surface area contributed by atoms with Crippen LogP contribution in [0, 0.1) is 6.92 Å². The molecule has 0 unspecified atom stereocenters. The normalized spacial score (nSPS) is 9.89. The standard InChI is InChI=1S/C13H15NO4/c1-9-3-5-11(6-4-9)7-12(16)14(10(2)15)8-13(17)18/h3-6H,7-8H2,1-2H3,(H,17,18). The van der Waals surface area contributed by atoms with E-state index in [1.807, 2.05) is 19.1 Å². The van der Waals surface area contributed by atoms with E-state index in [1.54, 1.807) is 12.1 Å². The Labute approximate surface area is 105 Å². The maximum absolute atomic E-state index is 11.8. The number of carboxylic acid groups (broad SMARTS) is 1. The molecule has 0 bridgehead atoms. The maximum Gasteiger partial charge on any atom is 0.323 e. The number of benzene rings is 1. The Kier molecular flexibility index (Phi) is 4.59. The third-order valence-corrected chi connectivity index (χ3v) is 2.45. The van der Waals surface area contributed by atoms with Gasteiger partial charge in [0.2, 0.25) is 11.8 Å². The average molecular weight is 249 g/mol. The number of rotatable bonds is 4. The molecule has 0 saturated heterocycles. The van der Waals surface area contributed by atoms with Gasteiger partial charge < -0.3 is 5.11 Å². The average Bonchev–Trinajstić information content (AvgIpc) is 2.28.